The number of thiol groups is 1. The second-order valence-electron chi connectivity index (χ2n) is 7.98. The Kier molecular flexibility index (Phi) is 12.9. The third-order valence-corrected chi connectivity index (χ3v) is 5.34. The molecule has 0 amide bonds. The molecule has 0 spiro atoms. The molecule has 1 saturated heterocycles. The second-order valence-corrected chi connectivity index (χ2v) is 8.70. The Morgan fingerprint density at radius 1 is 0.960 bits per heavy atom. The summed E-state index contributed by atoms with van der Waals surface area (Å²) in [6, 6.07) is 0. The molecular weight excluding hydrogens is 330 g/mol. The van der Waals surface area contributed by atoms with E-state index in [0.717, 1.165) is 25.7 Å². The molecule has 4 heteroatoms. The summed E-state index contributed by atoms with van der Waals surface area (Å²) in [5, 5.41) is 0. The monoisotopic (exact) mass is 371 g/mol. The number of carbonyl (C=O) groups excluding carboxylic acids is 1. The van der Waals surface area contributed by atoms with Gasteiger partial charge in [-0.2, -0.15) is 0 Å². The fraction of sp³-hybridized carbons (Fsp3) is 0.952. The van der Waals surface area contributed by atoms with Gasteiger partial charge in [-0.1, -0.05) is 52.4 Å². The van der Waals surface area contributed by atoms with Gasteiger partial charge in [-0.3, -0.25) is 4.79 Å². The Bertz CT molecular complexity index is 339. The summed E-state index contributed by atoms with van der Waals surface area (Å²) in [6.45, 7) is 9.61. The third kappa shape index (κ3) is 12.0. The number of hydrogen-bond acceptors (Lipinski definition) is 4. The zero-order valence-corrected chi connectivity index (χ0v) is 17.7. The van der Waals surface area contributed by atoms with Crippen LogP contribution in [0.3, 0.4) is 0 Å². The van der Waals surface area contributed by atoms with E-state index in [4.69, 9.17) is 4.74 Å². The molecule has 1 unspecified atom stereocenters. The maximum absolute atomic E-state index is 11.5. The molecule has 0 N–H and O–H groups in total. The number of ether oxygens (including phenoxy) is 1. The predicted octanol–water partition coefficient (Wildman–Crippen LogP) is 5.48. The van der Waals surface area contributed by atoms with Crippen molar-refractivity contribution in [3.05, 3.63) is 0 Å². The SMILES string of the molecule is CC(S)OC1CCN(CCCCCCCCCCC(=O)C(C)C)CC1. The Morgan fingerprint density at radius 2 is 1.48 bits per heavy atom. The molecule has 0 aromatic heterocycles. The van der Waals surface area contributed by atoms with E-state index < -0.39 is 0 Å². The van der Waals surface area contributed by atoms with Gasteiger partial charge in [0.1, 0.15) is 5.78 Å². The first-order chi connectivity index (χ1) is 12.0. The van der Waals surface area contributed by atoms with Crippen molar-refractivity contribution in [3.63, 3.8) is 0 Å². The third-order valence-electron chi connectivity index (χ3n) is 5.22. The minimum Gasteiger partial charge on any atom is -0.365 e. The molecule has 1 fully saturated rings. The number of rotatable bonds is 14. The summed E-state index contributed by atoms with van der Waals surface area (Å²) >= 11 is 4.31. The van der Waals surface area contributed by atoms with Gasteiger partial charge < -0.3 is 9.64 Å². The van der Waals surface area contributed by atoms with Crippen LogP contribution in [0.2, 0.25) is 0 Å². The van der Waals surface area contributed by atoms with Gasteiger partial charge in [-0.25, -0.2) is 0 Å². The van der Waals surface area contributed by atoms with Crippen LogP contribution in [0.1, 0.15) is 91.4 Å². The van der Waals surface area contributed by atoms with Crippen LogP contribution in [-0.2, 0) is 9.53 Å². The highest BCUT2D eigenvalue weighted by atomic mass is 32.1. The highest BCUT2D eigenvalue weighted by Crippen LogP contribution is 2.17. The van der Waals surface area contributed by atoms with Crippen molar-refractivity contribution in [2.45, 2.75) is 103 Å². The van der Waals surface area contributed by atoms with E-state index in [1.54, 1.807) is 0 Å². The lowest BCUT2D eigenvalue weighted by Gasteiger charge is -2.32. The van der Waals surface area contributed by atoms with Gasteiger partial charge in [0.05, 0.1) is 11.5 Å². The van der Waals surface area contributed by atoms with Crippen molar-refractivity contribution in [1.29, 1.82) is 0 Å². The van der Waals surface area contributed by atoms with Crippen LogP contribution in [0.4, 0.5) is 0 Å². The fourth-order valence-corrected chi connectivity index (χ4v) is 3.70. The number of ketones is 1. The van der Waals surface area contributed by atoms with Gasteiger partial charge in [-0.05, 0) is 39.2 Å². The number of carbonyl (C=O) groups is 1. The highest BCUT2D eigenvalue weighted by molar-refractivity contribution is 7.80. The molecule has 0 radical (unpaired) electrons. The highest BCUT2D eigenvalue weighted by Gasteiger charge is 2.20. The lowest BCUT2D eigenvalue weighted by Crippen LogP contribution is -2.38. The second kappa shape index (κ2) is 14.1. The van der Waals surface area contributed by atoms with E-state index in [9.17, 15) is 4.79 Å². The molecule has 1 rings (SSSR count). The van der Waals surface area contributed by atoms with Crippen molar-refractivity contribution >= 4 is 18.4 Å². The zero-order valence-electron chi connectivity index (χ0n) is 16.8. The lowest BCUT2D eigenvalue weighted by molar-refractivity contribution is -0.122. The molecule has 0 aromatic carbocycles. The fourth-order valence-electron chi connectivity index (χ4n) is 3.53. The van der Waals surface area contributed by atoms with Crippen LogP contribution in [0.15, 0.2) is 0 Å². The van der Waals surface area contributed by atoms with Gasteiger partial charge in [0.25, 0.3) is 0 Å². The Hall–Kier alpha value is -0.0600. The lowest BCUT2D eigenvalue weighted by atomic mass is 10.0. The van der Waals surface area contributed by atoms with Crippen molar-refractivity contribution in [2.24, 2.45) is 5.92 Å². The van der Waals surface area contributed by atoms with E-state index >= 15 is 0 Å². The first-order valence-electron chi connectivity index (χ1n) is 10.6. The number of nitrogens with zero attached hydrogens (tertiary/aromatic N) is 1. The number of Topliss-reactive ketones (excluding diaryl/α,β-unsaturated/α-hetero) is 1. The van der Waals surface area contributed by atoms with Crippen molar-refractivity contribution in [3.8, 4) is 0 Å². The Balaban J connectivity index is 1.84. The summed E-state index contributed by atoms with van der Waals surface area (Å²) in [4.78, 5) is 14.1. The molecule has 148 valence electrons. The minimum atomic E-state index is 0.0623. The molecule has 1 atom stereocenters. The summed E-state index contributed by atoms with van der Waals surface area (Å²) in [6.07, 6.45) is 13.9. The normalized spacial score (nSPS) is 18.0. The van der Waals surface area contributed by atoms with E-state index in [1.165, 1.54) is 64.6 Å². The van der Waals surface area contributed by atoms with Gasteiger partial charge >= 0.3 is 0 Å². The first kappa shape index (κ1) is 23.0. The van der Waals surface area contributed by atoms with E-state index in [0.29, 0.717) is 11.9 Å². The van der Waals surface area contributed by atoms with Gasteiger partial charge in [0, 0.05) is 25.4 Å². The number of likely N-dealkylation sites (tertiary alicyclic amines) is 1. The predicted molar refractivity (Wildman–Crippen MR) is 110 cm³/mol. The van der Waals surface area contributed by atoms with Crippen molar-refractivity contribution < 1.29 is 9.53 Å². The molecule has 25 heavy (non-hydrogen) atoms. The van der Waals surface area contributed by atoms with Crippen LogP contribution >= 0.6 is 12.6 Å². The quantitative estimate of drug-likeness (QED) is 0.249. The maximum Gasteiger partial charge on any atom is 0.135 e. The van der Waals surface area contributed by atoms with Crippen LogP contribution < -0.4 is 0 Å². The summed E-state index contributed by atoms with van der Waals surface area (Å²) in [5.41, 5.74) is 0.0623. The number of piperidine rings is 1. The smallest absolute Gasteiger partial charge is 0.135 e. The molecule has 0 aromatic rings. The topological polar surface area (TPSA) is 29.5 Å². The van der Waals surface area contributed by atoms with Crippen molar-refractivity contribution in [2.75, 3.05) is 19.6 Å². The van der Waals surface area contributed by atoms with E-state index in [-0.39, 0.29) is 11.4 Å². The largest absolute Gasteiger partial charge is 0.365 e. The molecule has 1 aliphatic heterocycles. The van der Waals surface area contributed by atoms with Crippen LogP contribution in [0, 0.1) is 5.92 Å². The Morgan fingerprint density at radius 3 is 2.00 bits per heavy atom. The molecule has 0 bridgehead atoms. The number of hydrogen-bond donors (Lipinski definition) is 1. The van der Waals surface area contributed by atoms with Gasteiger partial charge in [-0.15, -0.1) is 12.6 Å². The van der Waals surface area contributed by atoms with Gasteiger partial charge in [0.2, 0.25) is 0 Å². The van der Waals surface area contributed by atoms with Crippen molar-refractivity contribution in [1.82, 2.24) is 4.90 Å². The molecule has 0 saturated carbocycles. The van der Waals surface area contributed by atoms with Gasteiger partial charge in [0.15, 0.2) is 0 Å². The minimum absolute atomic E-state index is 0.0623. The average molecular weight is 372 g/mol. The van der Waals surface area contributed by atoms with Crippen LogP contribution in [0.25, 0.3) is 0 Å². The molecular formula is C21H41NO2S. The summed E-state index contributed by atoms with van der Waals surface area (Å²) in [7, 11) is 0. The van der Waals surface area contributed by atoms with Crippen LogP contribution in [-0.4, -0.2) is 41.9 Å². The first-order valence-corrected chi connectivity index (χ1v) is 11.1. The standard InChI is InChI=1S/C21H41NO2S/c1-18(2)21(23)12-10-8-6-4-5-7-9-11-15-22-16-13-20(14-17-22)24-19(3)25/h18-20,25H,4-17H2,1-3H3. The number of unbranched alkanes of at least 4 members (excludes halogenated alkanes) is 7. The zero-order chi connectivity index (χ0) is 18.5. The van der Waals surface area contributed by atoms with E-state index in [1.807, 2.05) is 20.8 Å². The molecule has 0 aliphatic carbocycles. The summed E-state index contributed by atoms with van der Waals surface area (Å²) in [5.74, 6) is 0.639. The Labute approximate surface area is 161 Å². The molecule has 3 nitrogen and oxygen atoms in total. The van der Waals surface area contributed by atoms with E-state index in [2.05, 4.69) is 17.5 Å². The molecule has 1 aliphatic rings. The summed E-state index contributed by atoms with van der Waals surface area (Å²) < 4.78 is 5.78. The van der Waals surface area contributed by atoms with Crippen LogP contribution in [0.5, 0.6) is 0 Å². The average Bonchev–Trinajstić information content (AvgIpc) is 2.57. The molecule has 1 heterocycles. The maximum atomic E-state index is 11.5.